The molecule has 0 atom stereocenters. The van der Waals surface area contributed by atoms with E-state index in [9.17, 15) is 9.59 Å². The van der Waals surface area contributed by atoms with Crippen LogP contribution >= 0.6 is 11.6 Å². The molecule has 1 aliphatic heterocycles. The van der Waals surface area contributed by atoms with Gasteiger partial charge >= 0.3 is 0 Å². The number of fused-ring (bicyclic) bond motifs is 2. The first kappa shape index (κ1) is 20.9. The van der Waals surface area contributed by atoms with Crippen LogP contribution < -0.4 is 15.0 Å². The summed E-state index contributed by atoms with van der Waals surface area (Å²) in [5.74, 6) is 1.60. The number of halogens is 1. The lowest BCUT2D eigenvalue weighted by atomic mass is 10.2. The molecule has 2 aromatic carbocycles. The number of aromatic amines is 1. The smallest absolute Gasteiger partial charge is 0.258 e. The number of likely N-dealkylation sites (N-methyl/N-ethyl adjacent to an activating group) is 1. The number of H-pyrrole nitrogens is 1. The van der Waals surface area contributed by atoms with E-state index in [0.717, 1.165) is 12.0 Å². The van der Waals surface area contributed by atoms with Gasteiger partial charge in [-0.05, 0) is 48.9 Å². The van der Waals surface area contributed by atoms with E-state index in [4.69, 9.17) is 21.1 Å². The summed E-state index contributed by atoms with van der Waals surface area (Å²) in [7, 11) is 0. The normalized spacial score (nSPS) is 13.4. The molecule has 0 spiro atoms. The minimum absolute atomic E-state index is 0.179. The Hall–Kier alpha value is -3.32. The van der Waals surface area contributed by atoms with Gasteiger partial charge in [0.25, 0.3) is 5.56 Å². The molecule has 0 radical (unpaired) electrons. The maximum atomic E-state index is 12.7. The number of aromatic nitrogens is 2. The Kier molecular flexibility index (Phi) is 6.23. The average molecular weight is 440 g/mol. The molecule has 7 nitrogen and oxygen atoms in total. The number of ether oxygens (including phenoxy) is 2. The summed E-state index contributed by atoms with van der Waals surface area (Å²) in [6, 6.07) is 10.5. The number of benzene rings is 2. The zero-order valence-electron chi connectivity index (χ0n) is 17.1. The van der Waals surface area contributed by atoms with Crippen LogP contribution in [0.4, 0.5) is 0 Å². The predicted octanol–water partition coefficient (Wildman–Crippen LogP) is 3.80. The maximum Gasteiger partial charge on any atom is 0.258 e. The fourth-order valence-electron chi connectivity index (χ4n) is 3.32. The van der Waals surface area contributed by atoms with Gasteiger partial charge in [0.05, 0.1) is 30.7 Å². The van der Waals surface area contributed by atoms with Crippen LogP contribution in [0.15, 0.2) is 47.3 Å². The summed E-state index contributed by atoms with van der Waals surface area (Å²) in [5, 5.41) is 0.954. The summed E-state index contributed by atoms with van der Waals surface area (Å²) >= 11 is 6.02. The van der Waals surface area contributed by atoms with Crippen molar-refractivity contribution in [3.8, 4) is 11.5 Å². The first-order chi connectivity index (χ1) is 15.0. The molecular formula is C23H22ClN3O4. The van der Waals surface area contributed by atoms with Crippen LogP contribution in [0.2, 0.25) is 5.02 Å². The van der Waals surface area contributed by atoms with Crippen molar-refractivity contribution in [1.82, 2.24) is 14.9 Å². The van der Waals surface area contributed by atoms with Crippen LogP contribution in [0.5, 0.6) is 11.5 Å². The van der Waals surface area contributed by atoms with Crippen molar-refractivity contribution >= 4 is 34.5 Å². The van der Waals surface area contributed by atoms with E-state index in [1.165, 1.54) is 6.08 Å². The Morgan fingerprint density at radius 3 is 2.81 bits per heavy atom. The van der Waals surface area contributed by atoms with Crippen LogP contribution in [0.3, 0.4) is 0 Å². The van der Waals surface area contributed by atoms with Crippen molar-refractivity contribution in [2.45, 2.75) is 19.9 Å². The second-order valence-corrected chi connectivity index (χ2v) is 7.55. The number of carbonyl (C=O) groups excluding carboxylic acids is 1. The SMILES string of the molecule is CCN(Cc1nc2cc(Cl)ccc2c(=O)[nH]1)C(=O)/C=C/c1ccc2c(c1)OCCCO2. The van der Waals surface area contributed by atoms with Crippen LogP contribution in [0, 0.1) is 0 Å². The molecule has 0 bridgehead atoms. The topological polar surface area (TPSA) is 84.5 Å². The largest absolute Gasteiger partial charge is 0.490 e. The van der Waals surface area contributed by atoms with Crippen molar-refractivity contribution in [1.29, 1.82) is 0 Å². The van der Waals surface area contributed by atoms with Gasteiger partial charge in [0.15, 0.2) is 11.5 Å². The number of hydrogen-bond acceptors (Lipinski definition) is 5. The van der Waals surface area contributed by atoms with E-state index < -0.39 is 0 Å². The molecule has 4 rings (SSSR count). The number of hydrogen-bond donors (Lipinski definition) is 1. The Bertz CT molecular complexity index is 1210. The molecule has 1 aliphatic rings. The quantitative estimate of drug-likeness (QED) is 0.611. The number of rotatable bonds is 5. The first-order valence-corrected chi connectivity index (χ1v) is 10.5. The number of nitrogens with zero attached hydrogens (tertiary/aromatic N) is 2. The van der Waals surface area contributed by atoms with Crippen LogP contribution in [0.1, 0.15) is 24.7 Å². The molecule has 0 aliphatic carbocycles. The summed E-state index contributed by atoms with van der Waals surface area (Å²) in [4.78, 5) is 33.9. The highest BCUT2D eigenvalue weighted by Crippen LogP contribution is 2.30. The van der Waals surface area contributed by atoms with Gasteiger partial charge in [-0.25, -0.2) is 4.98 Å². The highest BCUT2D eigenvalue weighted by molar-refractivity contribution is 6.31. The van der Waals surface area contributed by atoms with Gasteiger partial charge in [0.1, 0.15) is 5.82 Å². The highest BCUT2D eigenvalue weighted by Gasteiger charge is 2.13. The second kappa shape index (κ2) is 9.22. The number of nitrogens with one attached hydrogen (secondary N) is 1. The standard InChI is InChI=1S/C23H22ClN3O4/c1-2-27(14-21-25-18-13-16(24)6-7-17(18)23(29)26-21)22(28)9-5-15-4-8-19-20(12-15)31-11-3-10-30-19/h4-9,12-13H,2-3,10-11,14H2,1H3,(H,25,26,29)/b9-5+. The monoisotopic (exact) mass is 439 g/mol. The summed E-state index contributed by atoms with van der Waals surface area (Å²) in [5.41, 5.74) is 1.07. The molecule has 0 saturated carbocycles. The first-order valence-electron chi connectivity index (χ1n) is 10.1. The third kappa shape index (κ3) is 4.88. The molecule has 8 heteroatoms. The van der Waals surface area contributed by atoms with Crippen molar-refractivity contribution in [2.75, 3.05) is 19.8 Å². The molecule has 1 N–H and O–H groups in total. The number of amides is 1. The van der Waals surface area contributed by atoms with Crippen LogP contribution in [-0.2, 0) is 11.3 Å². The zero-order chi connectivity index (χ0) is 21.8. The van der Waals surface area contributed by atoms with Crippen molar-refractivity contribution in [3.63, 3.8) is 0 Å². The van der Waals surface area contributed by atoms with E-state index >= 15 is 0 Å². The summed E-state index contributed by atoms with van der Waals surface area (Å²) in [6.07, 6.45) is 4.07. The molecule has 1 amide bonds. The Morgan fingerprint density at radius 2 is 2.00 bits per heavy atom. The Balaban J connectivity index is 1.50. The van der Waals surface area contributed by atoms with E-state index in [2.05, 4.69) is 9.97 Å². The van der Waals surface area contributed by atoms with Crippen molar-refractivity contribution < 1.29 is 14.3 Å². The Labute approximate surface area is 184 Å². The van der Waals surface area contributed by atoms with E-state index in [0.29, 0.717) is 53.0 Å². The molecule has 3 aromatic rings. The van der Waals surface area contributed by atoms with E-state index in [1.807, 2.05) is 25.1 Å². The lowest BCUT2D eigenvalue weighted by molar-refractivity contribution is -0.126. The maximum absolute atomic E-state index is 12.7. The third-order valence-corrected chi connectivity index (χ3v) is 5.18. The minimum atomic E-state index is -0.261. The van der Waals surface area contributed by atoms with E-state index in [1.54, 1.807) is 29.2 Å². The van der Waals surface area contributed by atoms with Crippen LogP contribution in [-0.4, -0.2) is 40.5 Å². The lowest BCUT2D eigenvalue weighted by Gasteiger charge is -2.18. The molecule has 0 unspecified atom stereocenters. The zero-order valence-corrected chi connectivity index (χ0v) is 17.8. The van der Waals surface area contributed by atoms with Gasteiger partial charge < -0.3 is 19.4 Å². The number of carbonyl (C=O) groups is 1. The average Bonchev–Trinajstić information content (AvgIpc) is 3.00. The molecular weight excluding hydrogens is 418 g/mol. The molecule has 2 heterocycles. The highest BCUT2D eigenvalue weighted by atomic mass is 35.5. The molecule has 0 saturated heterocycles. The summed E-state index contributed by atoms with van der Waals surface area (Å²) in [6.45, 7) is 3.74. The fourth-order valence-corrected chi connectivity index (χ4v) is 3.49. The van der Waals surface area contributed by atoms with Crippen molar-refractivity contribution in [2.24, 2.45) is 0 Å². The van der Waals surface area contributed by atoms with Gasteiger partial charge in [-0.15, -0.1) is 0 Å². The molecule has 31 heavy (non-hydrogen) atoms. The lowest BCUT2D eigenvalue weighted by Crippen LogP contribution is -2.30. The Morgan fingerprint density at radius 1 is 1.19 bits per heavy atom. The van der Waals surface area contributed by atoms with Crippen LogP contribution in [0.25, 0.3) is 17.0 Å². The van der Waals surface area contributed by atoms with Gasteiger partial charge in [0, 0.05) is 24.1 Å². The van der Waals surface area contributed by atoms with E-state index in [-0.39, 0.29) is 18.0 Å². The van der Waals surface area contributed by atoms with Gasteiger partial charge in [-0.3, -0.25) is 9.59 Å². The van der Waals surface area contributed by atoms with Gasteiger partial charge in [-0.1, -0.05) is 17.7 Å². The predicted molar refractivity (Wildman–Crippen MR) is 120 cm³/mol. The van der Waals surface area contributed by atoms with Gasteiger partial charge in [-0.2, -0.15) is 0 Å². The minimum Gasteiger partial charge on any atom is -0.490 e. The molecule has 0 fully saturated rings. The third-order valence-electron chi connectivity index (χ3n) is 4.94. The summed E-state index contributed by atoms with van der Waals surface area (Å²) < 4.78 is 11.3. The van der Waals surface area contributed by atoms with Gasteiger partial charge in [0.2, 0.25) is 5.91 Å². The fraction of sp³-hybridized carbons (Fsp3) is 0.261. The molecule has 1 aromatic heterocycles. The van der Waals surface area contributed by atoms with Crippen molar-refractivity contribution in [3.05, 3.63) is 69.2 Å². The molecule has 160 valence electrons. The second-order valence-electron chi connectivity index (χ2n) is 7.12.